The van der Waals surface area contributed by atoms with E-state index in [0.29, 0.717) is 11.5 Å². The van der Waals surface area contributed by atoms with Crippen LogP contribution in [0.4, 0.5) is 5.82 Å². The fourth-order valence-corrected chi connectivity index (χ4v) is 2.09. The third-order valence-electron chi connectivity index (χ3n) is 2.91. The number of aromatic nitrogens is 4. The van der Waals surface area contributed by atoms with E-state index in [1.807, 2.05) is 30.3 Å². The highest BCUT2D eigenvalue weighted by atomic mass is 16.1. The Morgan fingerprint density at radius 1 is 1.25 bits per heavy atom. The van der Waals surface area contributed by atoms with Gasteiger partial charge in [-0.15, -0.1) is 0 Å². The highest BCUT2D eigenvalue weighted by Crippen LogP contribution is 2.26. The minimum absolute atomic E-state index is 0.263. The van der Waals surface area contributed by atoms with Gasteiger partial charge in [-0.25, -0.2) is 14.9 Å². The van der Waals surface area contributed by atoms with Crippen LogP contribution >= 0.6 is 0 Å². The number of H-pyrrole nitrogens is 2. The van der Waals surface area contributed by atoms with Crippen molar-refractivity contribution in [3.05, 3.63) is 40.8 Å². The minimum Gasteiger partial charge on any atom is -0.367 e. The van der Waals surface area contributed by atoms with Gasteiger partial charge in [0.25, 0.3) is 0 Å². The maximum absolute atomic E-state index is 11.2. The molecule has 6 heteroatoms. The molecule has 0 fully saturated rings. The van der Waals surface area contributed by atoms with Gasteiger partial charge in [0.1, 0.15) is 11.5 Å². The summed E-state index contributed by atoms with van der Waals surface area (Å²) >= 11 is 0. The number of rotatable bonds is 3. The Bertz CT molecular complexity index is 802. The number of benzene rings is 1. The molecule has 0 bridgehead atoms. The maximum Gasteiger partial charge on any atom is 0.340 e. The zero-order valence-corrected chi connectivity index (χ0v) is 11.3. The highest BCUT2D eigenvalue weighted by Gasteiger charge is 2.10. The van der Waals surface area contributed by atoms with Crippen molar-refractivity contribution in [2.75, 3.05) is 5.32 Å². The first-order valence-corrected chi connectivity index (χ1v) is 6.45. The molecule has 0 aliphatic rings. The monoisotopic (exact) mass is 269 g/mol. The number of aromatic amines is 2. The average molecular weight is 269 g/mol. The quantitative estimate of drug-likeness (QED) is 0.680. The van der Waals surface area contributed by atoms with Crippen LogP contribution < -0.4 is 11.0 Å². The lowest BCUT2D eigenvalue weighted by atomic mass is 10.1. The predicted octanol–water partition coefficient (Wildman–Crippen LogP) is 2.13. The third kappa shape index (κ3) is 2.27. The van der Waals surface area contributed by atoms with Crippen LogP contribution in [0.1, 0.15) is 13.8 Å². The Kier molecular flexibility index (Phi) is 2.98. The normalized spacial score (nSPS) is 11.2. The number of pyridine rings is 1. The molecule has 2 aromatic heterocycles. The van der Waals surface area contributed by atoms with Gasteiger partial charge in [0, 0.05) is 11.4 Å². The number of anilines is 1. The van der Waals surface area contributed by atoms with Gasteiger partial charge in [-0.05, 0) is 25.3 Å². The van der Waals surface area contributed by atoms with Crippen LogP contribution in [-0.4, -0.2) is 26.2 Å². The van der Waals surface area contributed by atoms with E-state index in [9.17, 15) is 4.79 Å². The van der Waals surface area contributed by atoms with Gasteiger partial charge < -0.3 is 5.32 Å². The predicted molar refractivity (Wildman–Crippen MR) is 78.7 cm³/mol. The fourth-order valence-electron chi connectivity index (χ4n) is 2.09. The molecule has 6 nitrogen and oxygen atoms in total. The van der Waals surface area contributed by atoms with Crippen LogP contribution in [0.15, 0.2) is 35.1 Å². The topological polar surface area (TPSA) is 86.5 Å². The van der Waals surface area contributed by atoms with E-state index in [1.165, 1.54) is 0 Å². The van der Waals surface area contributed by atoms with E-state index in [2.05, 4.69) is 39.3 Å². The Hall–Kier alpha value is -2.63. The van der Waals surface area contributed by atoms with E-state index < -0.39 is 0 Å². The van der Waals surface area contributed by atoms with Crippen molar-refractivity contribution in [3.63, 3.8) is 0 Å². The summed E-state index contributed by atoms with van der Waals surface area (Å²) in [5.74, 6) is 1.23. The SMILES string of the molecule is CC(C)Nc1nc(-c2n[nH]c(=O)[nH]2)cc2ccccc12. The van der Waals surface area contributed by atoms with E-state index >= 15 is 0 Å². The van der Waals surface area contributed by atoms with E-state index in [-0.39, 0.29) is 11.7 Å². The Balaban J connectivity index is 2.21. The molecule has 2 heterocycles. The van der Waals surface area contributed by atoms with Crippen molar-refractivity contribution in [2.45, 2.75) is 19.9 Å². The van der Waals surface area contributed by atoms with Gasteiger partial charge in [-0.1, -0.05) is 24.3 Å². The molecule has 102 valence electrons. The third-order valence-corrected chi connectivity index (χ3v) is 2.91. The standard InChI is InChI=1S/C14H15N5O/c1-8(2)15-12-10-6-4-3-5-9(10)7-11(16-12)13-17-14(20)19-18-13/h3-8H,1-2H3,(H,15,16)(H2,17,18,19,20). The van der Waals surface area contributed by atoms with Gasteiger partial charge in [-0.3, -0.25) is 4.98 Å². The van der Waals surface area contributed by atoms with Crippen LogP contribution in [-0.2, 0) is 0 Å². The Morgan fingerprint density at radius 3 is 2.75 bits per heavy atom. The maximum atomic E-state index is 11.2. The summed E-state index contributed by atoms with van der Waals surface area (Å²) in [6.07, 6.45) is 0. The van der Waals surface area contributed by atoms with Crippen molar-refractivity contribution >= 4 is 16.6 Å². The summed E-state index contributed by atoms with van der Waals surface area (Å²) in [6.45, 7) is 4.11. The summed E-state index contributed by atoms with van der Waals surface area (Å²) in [6, 6.07) is 10.2. The molecule has 3 N–H and O–H groups in total. The summed E-state index contributed by atoms with van der Waals surface area (Å²) in [4.78, 5) is 18.4. The number of hydrogen-bond acceptors (Lipinski definition) is 4. The van der Waals surface area contributed by atoms with Crippen LogP contribution in [0, 0.1) is 0 Å². The molecule has 3 rings (SSSR count). The van der Waals surface area contributed by atoms with E-state index in [0.717, 1.165) is 16.6 Å². The van der Waals surface area contributed by atoms with Crippen LogP contribution in [0.3, 0.4) is 0 Å². The average Bonchev–Trinajstić information content (AvgIpc) is 2.85. The molecule has 20 heavy (non-hydrogen) atoms. The van der Waals surface area contributed by atoms with Crippen molar-refractivity contribution in [2.24, 2.45) is 0 Å². The zero-order valence-electron chi connectivity index (χ0n) is 11.3. The van der Waals surface area contributed by atoms with Crippen molar-refractivity contribution < 1.29 is 0 Å². The summed E-state index contributed by atoms with van der Waals surface area (Å²) in [5, 5.41) is 11.7. The van der Waals surface area contributed by atoms with Gasteiger partial charge in [-0.2, -0.15) is 5.10 Å². The molecule has 0 saturated heterocycles. The van der Waals surface area contributed by atoms with Crippen molar-refractivity contribution in [1.29, 1.82) is 0 Å². The first-order chi connectivity index (χ1) is 9.63. The number of hydrogen-bond donors (Lipinski definition) is 3. The summed E-state index contributed by atoms with van der Waals surface area (Å²) in [7, 11) is 0. The Labute approximate surface area is 115 Å². The van der Waals surface area contributed by atoms with Crippen LogP contribution in [0.25, 0.3) is 22.3 Å². The van der Waals surface area contributed by atoms with Crippen LogP contribution in [0.5, 0.6) is 0 Å². The number of nitrogens with zero attached hydrogens (tertiary/aromatic N) is 2. The largest absolute Gasteiger partial charge is 0.367 e. The zero-order chi connectivity index (χ0) is 14.1. The van der Waals surface area contributed by atoms with Gasteiger partial charge in [0.05, 0.1) is 0 Å². The molecule has 0 aliphatic heterocycles. The second kappa shape index (κ2) is 4.80. The van der Waals surface area contributed by atoms with Crippen molar-refractivity contribution in [3.8, 4) is 11.5 Å². The van der Waals surface area contributed by atoms with Crippen molar-refractivity contribution in [1.82, 2.24) is 20.2 Å². The highest BCUT2D eigenvalue weighted by molar-refractivity contribution is 5.94. The lowest BCUT2D eigenvalue weighted by Crippen LogP contribution is -2.11. The van der Waals surface area contributed by atoms with E-state index in [1.54, 1.807) is 0 Å². The molecule has 3 aromatic rings. The molecular formula is C14H15N5O. The Morgan fingerprint density at radius 2 is 2.05 bits per heavy atom. The van der Waals surface area contributed by atoms with Crippen LogP contribution in [0.2, 0.25) is 0 Å². The molecule has 0 unspecified atom stereocenters. The number of fused-ring (bicyclic) bond motifs is 1. The molecular weight excluding hydrogens is 254 g/mol. The lowest BCUT2D eigenvalue weighted by molar-refractivity contribution is 0.892. The fraction of sp³-hybridized carbons (Fsp3) is 0.214. The number of nitrogens with one attached hydrogen (secondary N) is 3. The minimum atomic E-state index is -0.340. The molecule has 0 aliphatic carbocycles. The van der Waals surface area contributed by atoms with Gasteiger partial charge in [0.15, 0.2) is 5.82 Å². The van der Waals surface area contributed by atoms with E-state index in [4.69, 9.17) is 0 Å². The first-order valence-electron chi connectivity index (χ1n) is 6.45. The summed E-state index contributed by atoms with van der Waals surface area (Å²) < 4.78 is 0. The lowest BCUT2D eigenvalue weighted by Gasteiger charge is -2.13. The van der Waals surface area contributed by atoms with Gasteiger partial charge in [0.2, 0.25) is 0 Å². The van der Waals surface area contributed by atoms with Gasteiger partial charge >= 0.3 is 5.69 Å². The first kappa shape index (κ1) is 12.4. The second-order valence-electron chi connectivity index (χ2n) is 4.90. The molecule has 0 spiro atoms. The second-order valence-corrected chi connectivity index (χ2v) is 4.90. The molecule has 0 radical (unpaired) electrons. The molecule has 1 aromatic carbocycles. The molecule has 0 saturated carbocycles. The smallest absolute Gasteiger partial charge is 0.340 e. The summed E-state index contributed by atoms with van der Waals surface area (Å²) in [5.41, 5.74) is 0.290. The molecule has 0 amide bonds. The molecule has 0 atom stereocenters.